The third-order valence-corrected chi connectivity index (χ3v) is 4.86. The number of nitrogens with one attached hydrogen (secondary N) is 1. The maximum atomic E-state index is 12.2. The number of carbonyl (C=O) groups excluding carboxylic acids is 1. The molecule has 0 aromatic carbocycles. The minimum Gasteiger partial charge on any atom is -0.480 e. The molecule has 19 heavy (non-hydrogen) atoms. The van der Waals surface area contributed by atoms with Crippen LogP contribution in [-0.2, 0) is 4.79 Å². The van der Waals surface area contributed by atoms with Gasteiger partial charge in [-0.25, -0.2) is 9.59 Å². The van der Waals surface area contributed by atoms with Gasteiger partial charge in [0.05, 0.1) is 0 Å². The monoisotopic (exact) mass is 268 g/mol. The van der Waals surface area contributed by atoms with Crippen LogP contribution in [0.1, 0.15) is 46.0 Å². The fourth-order valence-electron chi connectivity index (χ4n) is 3.54. The first kappa shape index (κ1) is 14.2. The lowest BCUT2D eigenvalue weighted by Crippen LogP contribution is -2.49. The number of rotatable bonds is 3. The van der Waals surface area contributed by atoms with Gasteiger partial charge in [-0.3, -0.25) is 0 Å². The van der Waals surface area contributed by atoms with Crippen LogP contribution in [0.4, 0.5) is 4.79 Å². The molecule has 2 aliphatic rings. The first-order valence-corrected chi connectivity index (χ1v) is 7.34. The van der Waals surface area contributed by atoms with E-state index >= 15 is 0 Å². The number of nitrogens with zero attached hydrogens (tertiary/aromatic N) is 1. The lowest BCUT2D eigenvalue weighted by Gasteiger charge is -2.26. The van der Waals surface area contributed by atoms with Gasteiger partial charge in [-0.15, -0.1) is 0 Å². The molecule has 2 fully saturated rings. The summed E-state index contributed by atoms with van der Waals surface area (Å²) >= 11 is 0. The zero-order valence-corrected chi connectivity index (χ0v) is 11.8. The second-order valence-corrected chi connectivity index (χ2v) is 5.85. The Hall–Kier alpha value is -1.26. The van der Waals surface area contributed by atoms with Crippen molar-refractivity contribution in [2.45, 2.75) is 58.0 Å². The average Bonchev–Trinajstić information content (AvgIpc) is 2.97. The molecule has 1 heterocycles. The highest BCUT2D eigenvalue weighted by molar-refractivity contribution is 5.83. The van der Waals surface area contributed by atoms with Crippen LogP contribution in [0.15, 0.2) is 0 Å². The van der Waals surface area contributed by atoms with Crippen LogP contribution in [0.5, 0.6) is 0 Å². The van der Waals surface area contributed by atoms with Crippen LogP contribution in [0.2, 0.25) is 0 Å². The van der Waals surface area contributed by atoms with Crippen molar-refractivity contribution in [2.24, 2.45) is 11.8 Å². The number of hydrogen-bond acceptors (Lipinski definition) is 2. The van der Waals surface area contributed by atoms with Gasteiger partial charge >= 0.3 is 12.0 Å². The van der Waals surface area contributed by atoms with Gasteiger partial charge in [-0.1, -0.05) is 20.3 Å². The molecule has 0 spiro atoms. The number of urea groups is 1. The predicted octanol–water partition coefficient (Wildman–Crippen LogP) is 2.07. The molecule has 1 saturated carbocycles. The molecule has 5 nitrogen and oxygen atoms in total. The van der Waals surface area contributed by atoms with Gasteiger partial charge < -0.3 is 15.3 Å². The molecule has 5 heteroatoms. The third-order valence-electron chi connectivity index (χ3n) is 4.86. The first-order valence-electron chi connectivity index (χ1n) is 7.34. The van der Waals surface area contributed by atoms with Gasteiger partial charge in [-0.05, 0) is 37.5 Å². The van der Waals surface area contributed by atoms with E-state index in [1.165, 1.54) is 4.90 Å². The smallest absolute Gasteiger partial charge is 0.326 e. The molecule has 4 unspecified atom stereocenters. The number of aliphatic carboxylic acids is 1. The van der Waals surface area contributed by atoms with E-state index in [4.69, 9.17) is 5.11 Å². The van der Waals surface area contributed by atoms with Crippen molar-refractivity contribution in [1.82, 2.24) is 10.2 Å². The van der Waals surface area contributed by atoms with Gasteiger partial charge in [0, 0.05) is 12.6 Å². The highest BCUT2D eigenvalue weighted by atomic mass is 16.4. The largest absolute Gasteiger partial charge is 0.480 e. The number of likely N-dealkylation sites (tertiary alicyclic amines) is 1. The topological polar surface area (TPSA) is 69.6 Å². The summed E-state index contributed by atoms with van der Waals surface area (Å²) in [5.74, 6) is 0.275. The summed E-state index contributed by atoms with van der Waals surface area (Å²) in [6, 6.07) is -0.635. The van der Waals surface area contributed by atoms with Crippen molar-refractivity contribution in [3.63, 3.8) is 0 Å². The molecule has 4 atom stereocenters. The van der Waals surface area contributed by atoms with Crippen LogP contribution in [0.25, 0.3) is 0 Å². The Morgan fingerprint density at radius 3 is 2.63 bits per heavy atom. The molecule has 2 N–H and O–H groups in total. The fourth-order valence-corrected chi connectivity index (χ4v) is 3.54. The molecule has 108 valence electrons. The lowest BCUT2D eigenvalue weighted by molar-refractivity contribution is -0.141. The number of carboxylic acid groups (broad SMARTS) is 1. The second-order valence-electron chi connectivity index (χ2n) is 5.85. The Kier molecular flexibility index (Phi) is 4.32. The maximum absolute atomic E-state index is 12.2. The Bertz CT molecular complexity index is 359. The highest BCUT2D eigenvalue weighted by Gasteiger charge is 2.37. The maximum Gasteiger partial charge on any atom is 0.326 e. The SMILES string of the molecule is CCC1CCC(NC(=O)N2CCCC2C(=O)O)C1C. The van der Waals surface area contributed by atoms with Gasteiger partial charge in [0.1, 0.15) is 6.04 Å². The second kappa shape index (κ2) is 5.80. The summed E-state index contributed by atoms with van der Waals surface area (Å²) in [7, 11) is 0. The fraction of sp³-hybridized carbons (Fsp3) is 0.857. The molecule has 1 aliphatic carbocycles. The zero-order valence-electron chi connectivity index (χ0n) is 11.8. The number of hydrogen-bond donors (Lipinski definition) is 2. The first-order chi connectivity index (χ1) is 9.04. The lowest BCUT2D eigenvalue weighted by atomic mass is 9.93. The summed E-state index contributed by atoms with van der Waals surface area (Å²) in [6.45, 7) is 4.93. The standard InChI is InChI=1S/C14H24N2O3/c1-3-10-6-7-11(9(10)2)15-14(19)16-8-4-5-12(16)13(17)18/h9-12H,3-8H2,1-2H3,(H,15,19)(H,17,18). The van der Waals surface area contributed by atoms with Crippen LogP contribution >= 0.6 is 0 Å². The van der Waals surface area contributed by atoms with E-state index in [-0.39, 0.29) is 12.1 Å². The van der Waals surface area contributed by atoms with Crippen LogP contribution < -0.4 is 5.32 Å². The van der Waals surface area contributed by atoms with E-state index in [9.17, 15) is 9.59 Å². The Morgan fingerprint density at radius 1 is 1.32 bits per heavy atom. The van der Waals surface area contributed by atoms with Crippen molar-refractivity contribution in [3.8, 4) is 0 Å². The summed E-state index contributed by atoms with van der Waals surface area (Å²) in [5.41, 5.74) is 0. The Balaban J connectivity index is 1.92. The summed E-state index contributed by atoms with van der Waals surface area (Å²) in [5, 5.41) is 12.1. The minimum absolute atomic E-state index is 0.196. The quantitative estimate of drug-likeness (QED) is 0.823. The molecule has 2 rings (SSSR count). The molecule has 0 aromatic rings. The van der Waals surface area contributed by atoms with Crippen molar-refractivity contribution >= 4 is 12.0 Å². The molecular weight excluding hydrogens is 244 g/mol. The molecule has 1 saturated heterocycles. The van der Waals surface area contributed by atoms with Crippen LogP contribution in [-0.4, -0.2) is 40.6 Å². The van der Waals surface area contributed by atoms with Crippen molar-refractivity contribution in [2.75, 3.05) is 6.54 Å². The number of carbonyl (C=O) groups is 2. The Morgan fingerprint density at radius 2 is 2.05 bits per heavy atom. The predicted molar refractivity (Wildman–Crippen MR) is 71.9 cm³/mol. The molecule has 0 bridgehead atoms. The van der Waals surface area contributed by atoms with Gasteiger partial charge in [0.15, 0.2) is 0 Å². The van der Waals surface area contributed by atoms with E-state index in [2.05, 4.69) is 19.2 Å². The summed E-state index contributed by atoms with van der Waals surface area (Å²) in [6.07, 6.45) is 4.67. The van der Waals surface area contributed by atoms with Crippen LogP contribution in [0, 0.1) is 11.8 Å². The highest BCUT2D eigenvalue weighted by Crippen LogP contribution is 2.34. The Labute approximate surface area is 114 Å². The zero-order chi connectivity index (χ0) is 14.0. The van der Waals surface area contributed by atoms with Crippen molar-refractivity contribution in [3.05, 3.63) is 0 Å². The number of amides is 2. The summed E-state index contributed by atoms with van der Waals surface area (Å²) in [4.78, 5) is 24.8. The molecule has 1 aliphatic heterocycles. The van der Waals surface area contributed by atoms with E-state index in [0.717, 1.165) is 25.7 Å². The molecule has 2 amide bonds. The minimum atomic E-state index is -0.890. The normalized spacial score (nSPS) is 34.5. The van der Waals surface area contributed by atoms with E-state index in [0.29, 0.717) is 24.8 Å². The summed E-state index contributed by atoms with van der Waals surface area (Å²) < 4.78 is 0. The molecule has 0 aromatic heterocycles. The average molecular weight is 268 g/mol. The molecular formula is C14H24N2O3. The van der Waals surface area contributed by atoms with Crippen molar-refractivity contribution < 1.29 is 14.7 Å². The number of carboxylic acids is 1. The van der Waals surface area contributed by atoms with Crippen LogP contribution in [0.3, 0.4) is 0 Å². The van der Waals surface area contributed by atoms with Gasteiger partial charge in [0.25, 0.3) is 0 Å². The van der Waals surface area contributed by atoms with E-state index in [1.54, 1.807) is 0 Å². The third kappa shape index (κ3) is 2.85. The van der Waals surface area contributed by atoms with Gasteiger partial charge in [0.2, 0.25) is 0 Å². The van der Waals surface area contributed by atoms with E-state index < -0.39 is 12.0 Å². The van der Waals surface area contributed by atoms with Crippen molar-refractivity contribution in [1.29, 1.82) is 0 Å². The van der Waals surface area contributed by atoms with E-state index in [1.807, 2.05) is 0 Å². The van der Waals surface area contributed by atoms with Gasteiger partial charge in [-0.2, -0.15) is 0 Å². The molecule has 0 radical (unpaired) electrons.